The van der Waals surface area contributed by atoms with Gasteiger partial charge < -0.3 is 15.6 Å². The fourth-order valence-corrected chi connectivity index (χ4v) is 3.21. The number of nitrogen functional groups attached to an aromatic ring is 1. The van der Waals surface area contributed by atoms with Crippen LogP contribution in [0, 0.1) is 0 Å². The Morgan fingerprint density at radius 3 is 2.93 bits per heavy atom. The lowest BCUT2D eigenvalue weighted by Gasteiger charge is -2.10. The predicted molar refractivity (Wildman–Crippen MR) is 108 cm³/mol. The van der Waals surface area contributed by atoms with Crippen LogP contribution in [-0.4, -0.2) is 30.0 Å². The predicted octanol–water partition coefficient (Wildman–Crippen LogP) is 2.83. The quantitative estimate of drug-likeness (QED) is 0.518. The standard InChI is InChI=1S/C19H18N6OS/c1-27(26)25-12-15(11-23-25)18-7-5-16(20)19(24-18)22-10-13-4-6-17-14(9-13)3-2-8-21-17/h2-9,11-12H,10,20H2,1H3,(H,22,24). The molecule has 0 aliphatic carbocycles. The van der Waals surface area contributed by atoms with Gasteiger partial charge in [-0.3, -0.25) is 4.98 Å². The third-order valence-electron chi connectivity index (χ3n) is 4.17. The van der Waals surface area contributed by atoms with Crippen molar-refractivity contribution in [3.63, 3.8) is 0 Å². The lowest BCUT2D eigenvalue weighted by atomic mass is 10.1. The van der Waals surface area contributed by atoms with Gasteiger partial charge in [0.05, 0.1) is 40.7 Å². The van der Waals surface area contributed by atoms with E-state index in [-0.39, 0.29) is 0 Å². The molecule has 0 saturated heterocycles. The molecule has 0 saturated carbocycles. The van der Waals surface area contributed by atoms with Gasteiger partial charge in [-0.25, -0.2) is 4.98 Å². The fraction of sp³-hybridized carbons (Fsp3) is 0.105. The van der Waals surface area contributed by atoms with Crippen LogP contribution in [0.1, 0.15) is 5.56 Å². The molecule has 4 aromatic rings. The van der Waals surface area contributed by atoms with Gasteiger partial charge in [-0.15, -0.1) is 5.10 Å². The molecule has 0 spiro atoms. The van der Waals surface area contributed by atoms with E-state index in [0.717, 1.165) is 22.0 Å². The molecule has 1 aromatic carbocycles. The van der Waals surface area contributed by atoms with Gasteiger partial charge in [-0.1, -0.05) is 16.2 Å². The zero-order chi connectivity index (χ0) is 18.8. The highest BCUT2D eigenvalue weighted by atomic mass is 32.2. The van der Waals surface area contributed by atoms with Crippen LogP contribution in [0.3, 0.4) is 0 Å². The zero-order valence-corrected chi connectivity index (χ0v) is 15.5. The summed E-state index contributed by atoms with van der Waals surface area (Å²) < 4.78 is 12.9. The fourth-order valence-electron chi connectivity index (χ4n) is 2.77. The first-order valence-electron chi connectivity index (χ1n) is 8.33. The number of pyridine rings is 2. The van der Waals surface area contributed by atoms with E-state index < -0.39 is 11.4 Å². The summed E-state index contributed by atoms with van der Waals surface area (Å²) in [6.45, 7) is 0.587. The molecule has 1 atom stereocenters. The molecule has 8 heteroatoms. The van der Waals surface area contributed by atoms with Gasteiger partial charge in [0.2, 0.25) is 0 Å². The van der Waals surface area contributed by atoms with Crippen molar-refractivity contribution in [3.8, 4) is 11.3 Å². The number of hydrogen-bond donors (Lipinski definition) is 2. The summed E-state index contributed by atoms with van der Waals surface area (Å²) >= 11 is -1.20. The Balaban J connectivity index is 1.55. The van der Waals surface area contributed by atoms with E-state index in [1.807, 2.05) is 30.3 Å². The molecule has 7 nitrogen and oxygen atoms in total. The van der Waals surface area contributed by atoms with Crippen LogP contribution in [0.5, 0.6) is 0 Å². The van der Waals surface area contributed by atoms with Gasteiger partial charge in [0, 0.05) is 23.7 Å². The summed E-state index contributed by atoms with van der Waals surface area (Å²) in [5.41, 5.74) is 10.2. The van der Waals surface area contributed by atoms with E-state index >= 15 is 0 Å². The number of nitrogens with zero attached hydrogens (tertiary/aromatic N) is 4. The smallest absolute Gasteiger partial charge is 0.150 e. The van der Waals surface area contributed by atoms with Crippen molar-refractivity contribution in [3.05, 3.63) is 66.6 Å². The van der Waals surface area contributed by atoms with Gasteiger partial charge in [-0.2, -0.15) is 0 Å². The normalized spacial score (nSPS) is 12.2. The summed E-state index contributed by atoms with van der Waals surface area (Å²) in [6.07, 6.45) is 6.70. The second-order valence-electron chi connectivity index (χ2n) is 6.07. The lowest BCUT2D eigenvalue weighted by molar-refractivity contribution is 0.585. The Hall–Kier alpha value is -3.10. The Kier molecular flexibility index (Phi) is 4.66. The first-order valence-corrected chi connectivity index (χ1v) is 9.85. The number of nitrogens with two attached hydrogens (primary N) is 1. The van der Waals surface area contributed by atoms with Gasteiger partial charge >= 0.3 is 0 Å². The molecule has 4 rings (SSSR count). The van der Waals surface area contributed by atoms with Crippen LogP contribution in [-0.2, 0) is 17.9 Å². The largest absolute Gasteiger partial charge is 0.592 e. The second kappa shape index (κ2) is 7.26. The number of anilines is 2. The Labute approximate surface area is 159 Å². The first-order chi connectivity index (χ1) is 13.1. The van der Waals surface area contributed by atoms with Crippen LogP contribution >= 0.6 is 0 Å². The molecule has 1 unspecified atom stereocenters. The van der Waals surface area contributed by atoms with E-state index in [2.05, 4.69) is 26.4 Å². The van der Waals surface area contributed by atoms with Crippen molar-refractivity contribution in [2.45, 2.75) is 6.54 Å². The third kappa shape index (κ3) is 3.71. The Morgan fingerprint density at radius 2 is 2.11 bits per heavy atom. The molecule has 0 radical (unpaired) electrons. The molecule has 0 fully saturated rings. The summed E-state index contributed by atoms with van der Waals surface area (Å²) in [4.78, 5) is 8.92. The minimum absolute atomic E-state index is 0.563. The highest BCUT2D eigenvalue weighted by Gasteiger charge is 2.10. The van der Waals surface area contributed by atoms with Gasteiger partial charge in [-0.05, 0) is 35.9 Å². The first kappa shape index (κ1) is 17.3. The van der Waals surface area contributed by atoms with E-state index in [1.54, 1.807) is 30.9 Å². The molecule has 3 heterocycles. The number of aromatic nitrogens is 4. The summed E-state index contributed by atoms with van der Waals surface area (Å²) in [5.74, 6) is 0.601. The van der Waals surface area contributed by atoms with Crippen LogP contribution in [0.15, 0.2) is 61.1 Å². The summed E-state index contributed by atoms with van der Waals surface area (Å²) in [5, 5.41) is 8.46. The van der Waals surface area contributed by atoms with Crippen molar-refractivity contribution < 1.29 is 4.55 Å². The topological polar surface area (TPSA) is 105 Å². The molecular formula is C19H18N6OS. The summed E-state index contributed by atoms with van der Waals surface area (Å²) in [6, 6.07) is 13.7. The SMILES string of the molecule is C[S+]([O-])n1cc(-c2ccc(N)c(NCc3ccc4ncccc4c3)n2)cn1. The number of nitrogens with one attached hydrogen (secondary N) is 1. The van der Waals surface area contributed by atoms with E-state index in [9.17, 15) is 4.55 Å². The maximum absolute atomic E-state index is 11.5. The molecule has 3 N–H and O–H groups in total. The molecule has 0 aliphatic heterocycles. The number of hydrogen-bond acceptors (Lipinski definition) is 6. The van der Waals surface area contributed by atoms with Crippen LogP contribution < -0.4 is 11.1 Å². The average molecular weight is 378 g/mol. The van der Waals surface area contributed by atoms with E-state index in [0.29, 0.717) is 23.7 Å². The monoisotopic (exact) mass is 378 g/mol. The van der Waals surface area contributed by atoms with Crippen molar-refractivity contribution in [1.82, 2.24) is 19.2 Å². The second-order valence-corrected chi connectivity index (χ2v) is 7.30. The number of rotatable bonds is 5. The molecular weight excluding hydrogens is 360 g/mol. The lowest BCUT2D eigenvalue weighted by Crippen LogP contribution is -2.09. The minimum Gasteiger partial charge on any atom is -0.592 e. The van der Waals surface area contributed by atoms with E-state index in [1.165, 1.54) is 4.09 Å². The van der Waals surface area contributed by atoms with Crippen molar-refractivity contribution in [2.24, 2.45) is 0 Å². The zero-order valence-electron chi connectivity index (χ0n) is 14.7. The Bertz CT molecular complexity index is 1090. The molecule has 0 amide bonds. The highest BCUT2D eigenvalue weighted by Crippen LogP contribution is 2.24. The molecule has 136 valence electrons. The van der Waals surface area contributed by atoms with Crippen molar-refractivity contribution in [1.29, 1.82) is 0 Å². The van der Waals surface area contributed by atoms with Crippen molar-refractivity contribution in [2.75, 3.05) is 17.3 Å². The maximum Gasteiger partial charge on any atom is 0.150 e. The van der Waals surface area contributed by atoms with Crippen LogP contribution in [0.4, 0.5) is 11.5 Å². The van der Waals surface area contributed by atoms with E-state index in [4.69, 9.17) is 5.73 Å². The number of fused-ring (bicyclic) bond motifs is 1. The third-order valence-corrected chi connectivity index (χ3v) is 4.90. The van der Waals surface area contributed by atoms with Crippen LogP contribution in [0.25, 0.3) is 22.2 Å². The van der Waals surface area contributed by atoms with Gasteiger partial charge in [0.15, 0.2) is 0 Å². The van der Waals surface area contributed by atoms with Crippen molar-refractivity contribution >= 4 is 33.8 Å². The molecule has 0 aliphatic rings. The molecule has 0 bridgehead atoms. The molecule has 3 aromatic heterocycles. The Morgan fingerprint density at radius 1 is 1.22 bits per heavy atom. The van der Waals surface area contributed by atoms with Gasteiger partial charge in [0.1, 0.15) is 12.1 Å². The maximum atomic E-state index is 11.5. The van der Waals surface area contributed by atoms with Gasteiger partial charge in [0.25, 0.3) is 0 Å². The summed E-state index contributed by atoms with van der Waals surface area (Å²) in [7, 11) is 0. The minimum atomic E-state index is -1.20. The highest BCUT2D eigenvalue weighted by molar-refractivity contribution is 7.89. The average Bonchev–Trinajstić information content (AvgIpc) is 3.18. The number of benzene rings is 1. The molecule has 27 heavy (non-hydrogen) atoms. The van der Waals surface area contributed by atoms with Crippen LogP contribution in [0.2, 0.25) is 0 Å².